The Kier molecular flexibility index (Phi) is 6.42. The molecule has 2 fully saturated rings. The predicted molar refractivity (Wildman–Crippen MR) is 62.5 cm³/mol. The zero-order valence-electron chi connectivity index (χ0n) is 10.1. The van der Waals surface area contributed by atoms with Crippen LogP contribution in [-0.4, -0.2) is 37.4 Å². The Morgan fingerprint density at radius 2 is 1.75 bits per heavy atom. The lowest BCUT2D eigenvalue weighted by molar-refractivity contribution is -0.141. The topological polar surface area (TPSA) is 58.6 Å². The van der Waals surface area contributed by atoms with E-state index in [1.807, 2.05) is 7.05 Å². The molecule has 4 heteroatoms. The van der Waals surface area contributed by atoms with Gasteiger partial charge in [0.2, 0.25) is 0 Å². The van der Waals surface area contributed by atoms with Crippen LogP contribution in [0.1, 0.15) is 38.5 Å². The number of nitrogens with one attached hydrogen (secondary N) is 1. The predicted octanol–water partition coefficient (Wildman–Crippen LogP) is 1.65. The Labute approximate surface area is 97.4 Å². The minimum absolute atomic E-state index is 0.0185. The summed E-state index contributed by atoms with van der Waals surface area (Å²) in [4.78, 5) is 10.2. The Morgan fingerprint density at radius 1 is 1.19 bits per heavy atom. The molecule has 0 atom stereocenters. The number of hydrogen-bond acceptors (Lipinski definition) is 3. The quantitative estimate of drug-likeness (QED) is 0.756. The number of hydrogen-bond donors (Lipinski definition) is 2. The van der Waals surface area contributed by atoms with Crippen molar-refractivity contribution in [2.24, 2.45) is 5.92 Å². The van der Waals surface area contributed by atoms with Gasteiger partial charge in [-0.25, -0.2) is 0 Å². The summed E-state index contributed by atoms with van der Waals surface area (Å²) in [6.45, 7) is 1.87. The SMILES string of the molecule is CNC1CCOCC1.O=C(O)C1CCCC1. The van der Waals surface area contributed by atoms with E-state index in [0.29, 0.717) is 6.04 Å². The lowest BCUT2D eigenvalue weighted by Gasteiger charge is -2.20. The first-order chi connectivity index (χ1) is 7.74. The van der Waals surface area contributed by atoms with E-state index in [1.165, 1.54) is 12.8 Å². The molecule has 4 nitrogen and oxygen atoms in total. The molecular weight excluding hydrogens is 206 g/mol. The molecule has 1 aliphatic carbocycles. The first-order valence-corrected chi connectivity index (χ1v) is 6.22. The molecule has 2 rings (SSSR count). The van der Waals surface area contributed by atoms with Gasteiger partial charge in [-0.05, 0) is 32.7 Å². The van der Waals surface area contributed by atoms with Gasteiger partial charge in [0.1, 0.15) is 0 Å². The molecule has 0 spiro atoms. The van der Waals surface area contributed by atoms with E-state index in [9.17, 15) is 4.79 Å². The number of carbonyl (C=O) groups is 1. The summed E-state index contributed by atoms with van der Waals surface area (Å²) in [5.74, 6) is -0.627. The van der Waals surface area contributed by atoms with Crippen molar-refractivity contribution in [2.45, 2.75) is 44.6 Å². The molecule has 0 aromatic carbocycles. The highest BCUT2D eigenvalue weighted by Gasteiger charge is 2.21. The van der Waals surface area contributed by atoms with Crippen molar-refractivity contribution in [1.82, 2.24) is 5.32 Å². The van der Waals surface area contributed by atoms with Gasteiger partial charge >= 0.3 is 5.97 Å². The summed E-state index contributed by atoms with van der Waals surface area (Å²) in [5, 5.41) is 11.6. The summed E-state index contributed by atoms with van der Waals surface area (Å²) in [7, 11) is 2.01. The maximum Gasteiger partial charge on any atom is 0.306 e. The zero-order chi connectivity index (χ0) is 11.8. The van der Waals surface area contributed by atoms with Crippen molar-refractivity contribution in [3.05, 3.63) is 0 Å². The number of carboxylic acids is 1. The van der Waals surface area contributed by atoms with Crippen molar-refractivity contribution >= 4 is 5.97 Å². The van der Waals surface area contributed by atoms with Crippen LogP contribution < -0.4 is 5.32 Å². The van der Waals surface area contributed by atoms with Gasteiger partial charge in [0.05, 0.1) is 5.92 Å². The fourth-order valence-corrected chi connectivity index (χ4v) is 2.16. The third-order valence-electron chi connectivity index (χ3n) is 3.33. The van der Waals surface area contributed by atoms with Crippen LogP contribution in [0.25, 0.3) is 0 Å². The number of carboxylic acid groups (broad SMARTS) is 1. The first-order valence-electron chi connectivity index (χ1n) is 6.22. The van der Waals surface area contributed by atoms with Gasteiger partial charge < -0.3 is 15.2 Å². The van der Waals surface area contributed by atoms with E-state index in [4.69, 9.17) is 9.84 Å². The van der Waals surface area contributed by atoms with Crippen molar-refractivity contribution in [2.75, 3.05) is 20.3 Å². The summed E-state index contributed by atoms with van der Waals surface area (Å²) in [6.07, 6.45) is 6.37. The molecule has 0 aromatic rings. The van der Waals surface area contributed by atoms with E-state index in [2.05, 4.69) is 5.32 Å². The summed E-state index contributed by atoms with van der Waals surface area (Å²) in [6, 6.07) is 0.712. The second-order valence-electron chi connectivity index (χ2n) is 4.49. The highest BCUT2D eigenvalue weighted by molar-refractivity contribution is 5.70. The van der Waals surface area contributed by atoms with Crippen LogP contribution in [0.4, 0.5) is 0 Å². The lowest BCUT2D eigenvalue weighted by atomic mass is 10.1. The largest absolute Gasteiger partial charge is 0.481 e. The summed E-state index contributed by atoms with van der Waals surface area (Å²) < 4.78 is 5.16. The standard InChI is InChI=1S/C6H13NO.C6H10O2/c1-7-6-2-4-8-5-3-6;7-6(8)5-3-1-2-4-5/h6-7H,2-5H2,1H3;5H,1-4H2,(H,7,8). The van der Waals surface area contributed by atoms with Gasteiger partial charge in [-0.3, -0.25) is 4.79 Å². The second kappa shape index (κ2) is 7.63. The van der Waals surface area contributed by atoms with Gasteiger partial charge in [0.25, 0.3) is 0 Å². The molecular formula is C12H23NO3. The smallest absolute Gasteiger partial charge is 0.306 e. The van der Waals surface area contributed by atoms with Crippen LogP contribution in [0.3, 0.4) is 0 Å². The molecule has 2 aliphatic rings. The molecule has 2 N–H and O–H groups in total. The van der Waals surface area contributed by atoms with Crippen LogP contribution in [-0.2, 0) is 9.53 Å². The molecule has 0 radical (unpaired) electrons. The van der Waals surface area contributed by atoms with Crippen LogP contribution in [0.5, 0.6) is 0 Å². The van der Waals surface area contributed by atoms with E-state index in [0.717, 1.165) is 38.9 Å². The minimum Gasteiger partial charge on any atom is -0.481 e. The maximum absolute atomic E-state index is 10.2. The summed E-state index contributed by atoms with van der Waals surface area (Å²) >= 11 is 0. The molecule has 0 aromatic heterocycles. The van der Waals surface area contributed by atoms with Crippen LogP contribution in [0.15, 0.2) is 0 Å². The second-order valence-corrected chi connectivity index (χ2v) is 4.49. The van der Waals surface area contributed by atoms with Crippen LogP contribution >= 0.6 is 0 Å². The maximum atomic E-state index is 10.2. The van der Waals surface area contributed by atoms with Crippen molar-refractivity contribution in [1.29, 1.82) is 0 Å². The molecule has 1 aliphatic heterocycles. The van der Waals surface area contributed by atoms with E-state index in [1.54, 1.807) is 0 Å². The van der Waals surface area contributed by atoms with Crippen molar-refractivity contribution in [3.8, 4) is 0 Å². The molecule has 1 heterocycles. The normalized spacial score (nSPS) is 22.6. The Balaban J connectivity index is 0.000000160. The molecule has 94 valence electrons. The van der Waals surface area contributed by atoms with Gasteiger partial charge in [0.15, 0.2) is 0 Å². The monoisotopic (exact) mass is 229 g/mol. The average molecular weight is 229 g/mol. The third-order valence-corrected chi connectivity index (χ3v) is 3.33. The number of aliphatic carboxylic acids is 1. The first kappa shape index (κ1) is 13.5. The summed E-state index contributed by atoms with van der Waals surface area (Å²) in [5.41, 5.74) is 0. The van der Waals surface area contributed by atoms with Gasteiger partial charge in [-0.2, -0.15) is 0 Å². The molecule has 1 saturated carbocycles. The molecule has 0 amide bonds. The van der Waals surface area contributed by atoms with E-state index >= 15 is 0 Å². The molecule has 0 unspecified atom stereocenters. The van der Waals surface area contributed by atoms with Crippen molar-refractivity contribution < 1.29 is 14.6 Å². The highest BCUT2D eigenvalue weighted by Crippen LogP contribution is 2.24. The number of rotatable bonds is 2. The highest BCUT2D eigenvalue weighted by atomic mass is 16.5. The minimum atomic E-state index is -0.609. The zero-order valence-corrected chi connectivity index (χ0v) is 10.1. The molecule has 0 bridgehead atoms. The van der Waals surface area contributed by atoms with Crippen LogP contribution in [0, 0.1) is 5.92 Å². The van der Waals surface area contributed by atoms with Gasteiger partial charge in [-0.15, -0.1) is 0 Å². The molecule has 1 saturated heterocycles. The van der Waals surface area contributed by atoms with Gasteiger partial charge in [-0.1, -0.05) is 12.8 Å². The Bertz CT molecular complexity index is 196. The van der Waals surface area contributed by atoms with E-state index in [-0.39, 0.29) is 5.92 Å². The lowest BCUT2D eigenvalue weighted by Crippen LogP contribution is -2.31. The Morgan fingerprint density at radius 3 is 2.06 bits per heavy atom. The Hall–Kier alpha value is -0.610. The average Bonchev–Trinajstić information content (AvgIpc) is 2.85. The van der Waals surface area contributed by atoms with Crippen molar-refractivity contribution in [3.63, 3.8) is 0 Å². The fourth-order valence-electron chi connectivity index (χ4n) is 2.16. The van der Waals surface area contributed by atoms with E-state index < -0.39 is 5.97 Å². The number of ether oxygens (including phenoxy) is 1. The van der Waals surface area contributed by atoms with Crippen LogP contribution in [0.2, 0.25) is 0 Å². The third kappa shape index (κ3) is 4.94. The fraction of sp³-hybridized carbons (Fsp3) is 0.917. The van der Waals surface area contributed by atoms with Gasteiger partial charge in [0, 0.05) is 19.3 Å². The molecule has 16 heavy (non-hydrogen) atoms.